The van der Waals surface area contributed by atoms with Gasteiger partial charge in [0.15, 0.2) is 7.05 Å². The predicted octanol–water partition coefficient (Wildman–Crippen LogP) is 3.00. The van der Waals surface area contributed by atoms with E-state index >= 15 is 0 Å². The van der Waals surface area contributed by atoms with E-state index < -0.39 is 0 Å². The first kappa shape index (κ1) is 10.5. The second-order valence-corrected chi connectivity index (χ2v) is 5.04. The minimum absolute atomic E-state index is 1.07. The van der Waals surface area contributed by atoms with Crippen LogP contribution in [0.1, 0.15) is 5.56 Å². The molecular weight excluding hydrogens is 234 g/mol. The first-order valence-electron chi connectivity index (χ1n) is 6.40. The van der Waals surface area contributed by atoms with Gasteiger partial charge in [0.25, 0.3) is 0 Å². The van der Waals surface area contributed by atoms with E-state index in [0.29, 0.717) is 0 Å². The summed E-state index contributed by atoms with van der Waals surface area (Å²) in [7, 11) is 2.00. The number of H-pyrrole nitrogens is 1. The monoisotopic (exact) mass is 248 g/mol. The Labute approximate surface area is 110 Å². The second kappa shape index (κ2) is 3.54. The molecule has 0 bridgehead atoms. The molecule has 2 aromatic heterocycles. The standard InChI is InChI=1S/C16H13N3/c1-10-14-9-19(2)17-8-11(14)7-13-12-5-3-4-6-15(12)18-16(10)13/h3-9H,1-2H3/p+1. The maximum absolute atomic E-state index is 4.78. The number of para-hydroxylation sites is 1. The Morgan fingerprint density at radius 3 is 2.84 bits per heavy atom. The first-order chi connectivity index (χ1) is 9.24. The molecule has 0 aliphatic rings. The van der Waals surface area contributed by atoms with Crippen LogP contribution in [0.5, 0.6) is 0 Å². The van der Waals surface area contributed by atoms with Gasteiger partial charge in [0, 0.05) is 16.2 Å². The van der Waals surface area contributed by atoms with E-state index in [0.717, 1.165) is 11.0 Å². The SMILES string of the molecule is Cc1c2c[n+](C)[nH]cc2cc2c1nc1ccccc12. The molecule has 0 aliphatic heterocycles. The van der Waals surface area contributed by atoms with Gasteiger partial charge in [0.05, 0.1) is 22.6 Å². The van der Waals surface area contributed by atoms with Crippen molar-refractivity contribution in [3.63, 3.8) is 0 Å². The van der Waals surface area contributed by atoms with E-state index in [-0.39, 0.29) is 0 Å². The quantitative estimate of drug-likeness (QED) is 0.477. The summed E-state index contributed by atoms with van der Waals surface area (Å²) < 4.78 is 1.96. The predicted molar refractivity (Wildman–Crippen MR) is 77.0 cm³/mol. The summed E-state index contributed by atoms with van der Waals surface area (Å²) in [6.07, 6.45) is 4.16. The highest BCUT2D eigenvalue weighted by molar-refractivity contribution is 6.13. The lowest BCUT2D eigenvalue weighted by Crippen LogP contribution is -2.31. The zero-order valence-electron chi connectivity index (χ0n) is 10.9. The number of benzene rings is 2. The van der Waals surface area contributed by atoms with E-state index in [9.17, 15) is 0 Å². The molecule has 3 nitrogen and oxygen atoms in total. The normalized spacial score (nSPS) is 11.7. The molecule has 0 aliphatic carbocycles. The number of fused-ring (bicyclic) bond motifs is 4. The van der Waals surface area contributed by atoms with Crippen molar-refractivity contribution in [2.75, 3.05) is 0 Å². The van der Waals surface area contributed by atoms with Crippen LogP contribution in [-0.4, -0.2) is 10.1 Å². The Balaban J connectivity index is 2.29. The van der Waals surface area contributed by atoms with Gasteiger partial charge in [0.2, 0.25) is 6.20 Å². The lowest BCUT2D eigenvalue weighted by atomic mass is 10.0. The molecule has 0 unspecified atom stereocenters. The Hall–Kier alpha value is -2.42. The maximum atomic E-state index is 4.78. The largest absolute Gasteiger partial charge is 0.247 e. The van der Waals surface area contributed by atoms with Crippen molar-refractivity contribution in [3.8, 4) is 0 Å². The van der Waals surface area contributed by atoms with E-state index in [4.69, 9.17) is 4.98 Å². The molecule has 3 heteroatoms. The number of aromatic amines is 1. The Morgan fingerprint density at radius 2 is 1.95 bits per heavy atom. The molecule has 1 N–H and O–H groups in total. The van der Waals surface area contributed by atoms with Gasteiger partial charge in [-0.25, -0.2) is 4.98 Å². The van der Waals surface area contributed by atoms with Crippen molar-refractivity contribution in [2.24, 2.45) is 7.05 Å². The molecule has 0 radical (unpaired) electrons. The average molecular weight is 248 g/mol. The van der Waals surface area contributed by atoms with Gasteiger partial charge in [0.1, 0.15) is 0 Å². The fourth-order valence-corrected chi connectivity index (χ4v) is 2.81. The van der Waals surface area contributed by atoms with Crippen molar-refractivity contribution in [2.45, 2.75) is 6.92 Å². The zero-order valence-corrected chi connectivity index (χ0v) is 10.9. The molecule has 4 aromatic rings. The van der Waals surface area contributed by atoms with Gasteiger partial charge in [-0.2, -0.15) is 5.10 Å². The number of nitrogens with one attached hydrogen (secondary N) is 1. The van der Waals surface area contributed by atoms with Gasteiger partial charge in [-0.1, -0.05) is 18.2 Å². The Kier molecular flexibility index (Phi) is 1.96. The van der Waals surface area contributed by atoms with Crippen LogP contribution in [0, 0.1) is 6.92 Å². The van der Waals surface area contributed by atoms with Crippen molar-refractivity contribution in [1.29, 1.82) is 0 Å². The highest BCUT2D eigenvalue weighted by atomic mass is 15.2. The van der Waals surface area contributed by atoms with Crippen LogP contribution < -0.4 is 4.68 Å². The molecular formula is C16H14N3+. The lowest BCUT2D eigenvalue weighted by Gasteiger charge is -2.02. The summed E-state index contributed by atoms with van der Waals surface area (Å²) in [6.45, 7) is 2.15. The van der Waals surface area contributed by atoms with Crippen LogP contribution in [0.2, 0.25) is 0 Å². The smallest absolute Gasteiger partial charge is 0.201 e. The highest BCUT2D eigenvalue weighted by Gasteiger charge is 2.12. The molecule has 0 fully saturated rings. The summed E-state index contributed by atoms with van der Waals surface area (Å²) in [4.78, 5) is 4.78. The van der Waals surface area contributed by atoms with Gasteiger partial charge < -0.3 is 0 Å². The Morgan fingerprint density at radius 1 is 1.11 bits per heavy atom. The second-order valence-electron chi connectivity index (χ2n) is 5.04. The van der Waals surface area contributed by atoms with E-state index in [1.165, 1.54) is 27.1 Å². The third-order valence-electron chi connectivity index (χ3n) is 3.80. The summed E-state index contributed by atoms with van der Waals surface area (Å²) in [5.41, 5.74) is 3.43. The third kappa shape index (κ3) is 1.38. The molecule has 0 saturated heterocycles. The first-order valence-corrected chi connectivity index (χ1v) is 6.40. The van der Waals surface area contributed by atoms with Crippen LogP contribution in [0.15, 0.2) is 42.7 Å². The molecule has 0 amide bonds. The average Bonchev–Trinajstić information content (AvgIpc) is 2.79. The van der Waals surface area contributed by atoms with Gasteiger partial charge >= 0.3 is 0 Å². The summed E-state index contributed by atoms with van der Waals surface area (Å²) in [6, 6.07) is 10.6. The number of rotatable bonds is 0. The molecule has 0 spiro atoms. The van der Waals surface area contributed by atoms with Crippen LogP contribution in [-0.2, 0) is 7.05 Å². The van der Waals surface area contributed by atoms with Gasteiger partial charge in [-0.05, 0) is 24.6 Å². The summed E-state index contributed by atoms with van der Waals surface area (Å²) in [5.74, 6) is 0. The summed E-state index contributed by atoms with van der Waals surface area (Å²) in [5, 5.41) is 8.14. The summed E-state index contributed by atoms with van der Waals surface area (Å²) >= 11 is 0. The van der Waals surface area contributed by atoms with E-state index in [1.807, 2.05) is 24.0 Å². The van der Waals surface area contributed by atoms with E-state index in [2.05, 4.69) is 42.5 Å². The maximum Gasteiger partial charge on any atom is 0.201 e. The minimum Gasteiger partial charge on any atom is -0.247 e. The molecule has 19 heavy (non-hydrogen) atoms. The van der Waals surface area contributed by atoms with Crippen LogP contribution >= 0.6 is 0 Å². The molecule has 92 valence electrons. The van der Waals surface area contributed by atoms with Crippen LogP contribution in [0.25, 0.3) is 32.6 Å². The number of hydrogen-bond donors (Lipinski definition) is 1. The highest BCUT2D eigenvalue weighted by Crippen LogP contribution is 2.31. The van der Waals surface area contributed by atoms with E-state index in [1.54, 1.807) is 0 Å². The Bertz CT molecular complexity index is 935. The fraction of sp³-hybridized carbons (Fsp3) is 0.125. The number of nitrogens with zero attached hydrogens (tertiary/aromatic N) is 2. The van der Waals surface area contributed by atoms with Crippen LogP contribution in [0.4, 0.5) is 0 Å². The zero-order chi connectivity index (χ0) is 13.0. The molecule has 4 rings (SSSR count). The fourth-order valence-electron chi connectivity index (χ4n) is 2.81. The number of aryl methyl sites for hydroxylation is 2. The molecule has 2 heterocycles. The number of hydrogen-bond acceptors (Lipinski definition) is 1. The van der Waals surface area contributed by atoms with Gasteiger partial charge in [-0.3, -0.25) is 0 Å². The minimum atomic E-state index is 1.07. The molecule has 0 atom stereocenters. The number of aromatic nitrogens is 3. The van der Waals surface area contributed by atoms with Crippen LogP contribution in [0.3, 0.4) is 0 Å². The topological polar surface area (TPSA) is 32.6 Å². The van der Waals surface area contributed by atoms with Crippen molar-refractivity contribution < 1.29 is 4.68 Å². The third-order valence-corrected chi connectivity index (χ3v) is 3.80. The van der Waals surface area contributed by atoms with Crippen molar-refractivity contribution >= 4 is 32.6 Å². The van der Waals surface area contributed by atoms with Gasteiger partial charge in [-0.15, -0.1) is 4.68 Å². The van der Waals surface area contributed by atoms with Crippen molar-refractivity contribution in [3.05, 3.63) is 48.3 Å². The molecule has 0 saturated carbocycles. The lowest BCUT2D eigenvalue weighted by molar-refractivity contribution is -0.729. The van der Waals surface area contributed by atoms with Crippen molar-refractivity contribution in [1.82, 2.24) is 10.1 Å². The molecule has 2 aromatic carbocycles.